The third-order valence-electron chi connectivity index (χ3n) is 6.03. The van der Waals surface area contributed by atoms with Crippen molar-refractivity contribution in [2.24, 2.45) is 0 Å². The van der Waals surface area contributed by atoms with Crippen molar-refractivity contribution in [2.45, 2.75) is 30.8 Å². The van der Waals surface area contributed by atoms with E-state index in [4.69, 9.17) is 14.5 Å². The summed E-state index contributed by atoms with van der Waals surface area (Å²) < 4.78 is 12.8. The third-order valence-corrected chi connectivity index (χ3v) is 8.13. The van der Waals surface area contributed by atoms with E-state index in [1.54, 1.807) is 34.8 Å². The van der Waals surface area contributed by atoms with Gasteiger partial charge in [-0.05, 0) is 43.4 Å². The molecule has 6 nitrogen and oxygen atoms in total. The second kappa shape index (κ2) is 9.32. The zero-order valence-corrected chi connectivity index (χ0v) is 19.4. The molecule has 1 saturated heterocycles. The number of methoxy groups -OCH3 is 1. The highest BCUT2D eigenvalue weighted by Crippen LogP contribution is 2.36. The lowest BCUT2D eigenvalue weighted by Crippen LogP contribution is -2.37. The number of aromatic nitrogens is 2. The first-order chi connectivity index (χ1) is 15.3. The molecule has 1 aliphatic carbocycles. The number of thiophene rings is 1. The number of nitrogens with zero attached hydrogens (tertiary/aromatic N) is 3. The summed E-state index contributed by atoms with van der Waals surface area (Å²) in [6.07, 6.45) is 4.37. The molecule has 0 amide bonds. The third kappa shape index (κ3) is 4.14. The molecule has 3 heterocycles. The van der Waals surface area contributed by atoms with Crippen LogP contribution >= 0.6 is 23.1 Å². The highest BCUT2D eigenvalue weighted by atomic mass is 32.2. The number of hydrogen-bond acceptors (Lipinski definition) is 7. The number of fused-ring (bicyclic) bond motifs is 3. The number of thioether (sulfide) groups is 1. The summed E-state index contributed by atoms with van der Waals surface area (Å²) in [7, 11) is 1.65. The van der Waals surface area contributed by atoms with Crippen LogP contribution in [0.2, 0.25) is 0 Å². The van der Waals surface area contributed by atoms with Gasteiger partial charge >= 0.3 is 0 Å². The van der Waals surface area contributed by atoms with Gasteiger partial charge in [-0.25, -0.2) is 4.98 Å². The summed E-state index contributed by atoms with van der Waals surface area (Å²) in [4.78, 5) is 23.5. The van der Waals surface area contributed by atoms with Gasteiger partial charge in [-0.1, -0.05) is 23.9 Å². The van der Waals surface area contributed by atoms with Gasteiger partial charge in [0, 0.05) is 30.3 Å². The Morgan fingerprint density at radius 3 is 2.84 bits per heavy atom. The molecule has 8 heteroatoms. The Hall–Kier alpha value is -1.87. The van der Waals surface area contributed by atoms with Crippen LogP contribution in [0.5, 0.6) is 5.75 Å². The fourth-order valence-corrected chi connectivity index (χ4v) is 6.71. The van der Waals surface area contributed by atoms with E-state index in [0.29, 0.717) is 5.75 Å². The molecular weight excluding hydrogens is 430 g/mol. The minimum atomic E-state index is 0.0303. The average Bonchev–Trinajstić information content (AvgIpc) is 3.18. The quantitative estimate of drug-likeness (QED) is 0.415. The van der Waals surface area contributed by atoms with Crippen LogP contribution in [0.4, 0.5) is 0 Å². The standard InChI is InChI=1S/C23H27N3O3S2/c1-28-18-8-4-3-7-17(18)26-22(27)20-16-6-2-5-9-19(16)31-21(20)24-23(26)30-15-12-25-10-13-29-14-11-25/h3-4,7-8H,2,5-6,9-15H2,1H3. The molecular formula is C23H27N3O3S2. The Bertz CT molecular complexity index is 1140. The minimum absolute atomic E-state index is 0.0303. The summed E-state index contributed by atoms with van der Waals surface area (Å²) >= 11 is 3.36. The summed E-state index contributed by atoms with van der Waals surface area (Å²) in [6.45, 7) is 4.46. The Morgan fingerprint density at radius 1 is 1.19 bits per heavy atom. The minimum Gasteiger partial charge on any atom is -0.495 e. The summed E-state index contributed by atoms with van der Waals surface area (Å²) in [6, 6.07) is 7.71. The lowest BCUT2D eigenvalue weighted by molar-refractivity contribution is 0.0410. The molecule has 0 radical (unpaired) electrons. The van der Waals surface area contributed by atoms with Crippen LogP contribution in [-0.2, 0) is 17.6 Å². The van der Waals surface area contributed by atoms with Crippen LogP contribution < -0.4 is 10.3 Å². The van der Waals surface area contributed by atoms with Gasteiger partial charge in [0.25, 0.3) is 5.56 Å². The molecule has 0 bridgehead atoms. The lowest BCUT2D eigenvalue weighted by Gasteiger charge is -2.26. The molecule has 0 saturated carbocycles. The molecule has 164 valence electrons. The van der Waals surface area contributed by atoms with Gasteiger partial charge in [0.2, 0.25) is 0 Å². The van der Waals surface area contributed by atoms with E-state index < -0.39 is 0 Å². The maximum absolute atomic E-state index is 13.8. The molecule has 31 heavy (non-hydrogen) atoms. The van der Waals surface area contributed by atoms with E-state index >= 15 is 0 Å². The zero-order valence-electron chi connectivity index (χ0n) is 17.8. The fraction of sp³-hybridized carbons (Fsp3) is 0.478. The second-order valence-corrected chi connectivity index (χ2v) is 10.0. The van der Waals surface area contributed by atoms with E-state index in [1.807, 2.05) is 24.3 Å². The van der Waals surface area contributed by atoms with Gasteiger partial charge in [-0.2, -0.15) is 0 Å². The van der Waals surface area contributed by atoms with E-state index in [2.05, 4.69) is 4.90 Å². The zero-order chi connectivity index (χ0) is 21.2. The largest absolute Gasteiger partial charge is 0.495 e. The number of para-hydroxylation sites is 2. The highest BCUT2D eigenvalue weighted by Gasteiger charge is 2.24. The van der Waals surface area contributed by atoms with Crippen molar-refractivity contribution in [3.05, 3.63) is 45.1 Å². The van der Waals surface area contributed by atoms with Gasteiger partial charge in [0.05, 0.1) is 31.4 Å². The fourth-order valence-electron chi connectivity index (χ4n) is 4.40. The van der Waals surface area contributed by atoms with Crippen molar-refractivity contribution in [1.82, 2.24) is 14.5 Å². The first-order valence-corrected chi connectivity index (χ1v) is 12.7. The molecule has 1 fully saturated rings. The number of ether oxygens (including phenoxy) is 2. The van der Waals surface area contributed by atoms with Gasteiger partial charge in [0.15, 0.2) is 5.16 Å². The first-order valence-electron chi connectivity index (χ1n) is 10.9. The molecule has 0 atom stereocenters. The van der Waals surface area contributed by atoms with Crippen molar-refractivity contribution in [3.63, 3.8) is 0 Å². The molecule has 0 N–H and O–H groups in total. The van der Waals surface area contributed by atoms with Crippen LogP contribution in [-0.4, -0.2) is 60.2 Å². The molecule has 0 spiro atoms. The van der Waals surface area contributed by atoms with E-state index in [0.717, 1.165) is 78.9 Å². The van der Waals surface area contributed by atoms with Crippen LogP contribution in [0.1, 0.15) is 23.3 Å². The summed E-state index contributed by atoms with van der Waals surface area (Å²) in [5.74, 6) is 1.56. The maximum Gasteiger partial charge on any atom is 0.267 e. The normalized spacial score (nSPS) is 17.1. The maximum atomic E-state index is 13.8. The van der Waals surface area contributed by atoms with Crippen molar-refractivity contribution < 1.29 is 9.47 Å². The van der Waals surface area contributed by atoms with Crippen LogP contribution in [0.25, 0.3) is 15.9 Å². The number of benzene rings is 1. The monoisotopic (exact) mass is 457 g/mol. The smallest absolute Gasteiger partial charge is 0.267 e. The first kappa shape index (κ1) is 21.0. The lowest BCUT2D eigenvalue weighted by atomic mass is 9.97. The van der Waals surface area contributed by atoms with Crippen LogP contribution in [0.3, 0.4) is 0 Å². The summed E-state index contributed by atoms with van der Waals surface area (Å²) in [5.41, 5.74) is 2.01. The predicted molar refractivity (Wildman–Crippen MR) is 126 cm³/mol. The number of aryl methyl sites for hydroxylation is 2. The summed E-state index contributed by atoms with van der Waals surface area (Å²) in [5, 5.41) is 1.55. The second-order valence-electron chi connectivity index (χ2n) is 7.90. The highest BCUT2D eigenvalue weighted by molar-refractivity contribution is 7.99. The van der Waals surface area contributed by atoms with Gasteiger partial charge in [0.1, 0.15) is 10.6 Å². The van der Waals surface area contributed by atoms with Crippen molar-refractivity contribution in [1.29, 1.82) is 0 Å². The topological polar surface area (TPSA) is 56.6 Å². The van der Waals surface area contributed by atoms with Crippen molar-refractivity contribution >= 4 is 33.3 Å². The van der Waals surface area contributed by atoms with Crippen LogP contribution in [0.15, 0.2) is 34.2 Å². The molecule has 0 unspecified atom stereocenters. The Kier molecular flexibility index (Phi) is 6.31. The molecule has 2 aliphatic rings. The number of morpholine rings is 1. The SMILES string of the molecule is COc1ccccc1-n1c(SCCN2CCOCC2)nc2sc3c(c2c1=O)CCCC3. The molecule has 1 aromatic carbocycles. The molecule has 5 rings (SSSR count). The molecule has 2 aromatic heterocycles. The van der Waals surface area contributed by atoms with E-state index in [1.165, 1.54) is 16.9 Å². The van der Waals surface area contributed by atoms with E-state index in [-0.39, 0.29) is 5.56 Å². The Labute approximate surface area is 190 Å². The average molecular weight is 458 g/mol. The van der Waals surface area contributed by atoms with Gasteiger partial charge < -0.3 is 9.47 Å². The van der Waals surface area contributed by atoms with Crippen molar-refractivity contribution in [2.75, 3.05) is 45.7 Å². The van der Waals surface area contributed by atoms with Gasteiger partial charge in [-0.15, -0.1) is 11.3 Å². The Morgan fingerprint density at radius 2 is 2.00 bits per heavy atom. The molecule has 3 aromatic rings. The number of hydrogen-bond donors (Lipinski definition) is 0. The number of rotatable bonds is 6. The van der Waals surface area contributed by atoms with Gasteiger partial charge in [-0.3, -0.25) is 14.3 Å². The molecule has 1 aliphatic heterocycles. The van der Waals surface area contributed by atoms with E-state index in [9.17, 15) is 4.79 Å². The predicted octanol–water partition coefficient (Wildman–Crippen LogP) is 3.76. The van der Waals surface area contributed by atoms with Crippen molar-refractivity contribution in [3.8, 4) is 11.4 Å². The van der Waals surface area contributed by atoms with Crippen LogP contribution in [0, 0.1) is 0 Å². The Balaban J connectivity index is 1.58.